The fraction of sp³-hybridized carbons (Fsp3) is 0.250. The number of imidazole rings is 1. The smallest absolute Gasteiger partial charge is 0.490 e. The maximum Gasteiger partial charge on any atom is 0.490 e. The highest BCUT2D eigenvalue weighted by molar-refractivity contribution is 5.95. The lowest BCUT2D eigenvalue weighted by molar-refractivity contribution is -0.193. The van der Waals surface area contributed by atoms with Gasteiger partial charge in [0, 0.05) is 35.1 Å². The Hall–Kier alpha value is -5.88. The third kappa shape index (κ3) is 12.8. The molecule has 1 heterocycles. The van der Waals surface area contributed by atoms with Crippen LogP contribution in [0, 0.1) is 17.0 Å². The molecule has 1 aromatic heterocycles. The lowest BCUT2D eigenvalue weighted by Gasteiger charge is -2.26. The molecular weight excluding hydrogens is 702 g/mol. The average molecular weight is 734 g/mol. The van der Waals surface area contributed by atoms with Crippen molar-refractivity contribution in [3.05, 3.63) is 89.9 Å². The van der Waals surface area contributed by atoms with Gasteiger partial charge in [-0.25, -0.2) is 23.4 Å². The number of benzene rings is 3. The molecule has 0 aliphatic rings. The van der Waals surface area contributed by atoms with Crippen LogP contribution in [0.2, 0.25) is 0 Å². The molecular formula is C32H31F8N5O6. The SMILES string of the molecule is CCOc1cc(OC(C)C)c(F)c(N(Cc2nc(-c3cccc(F)c3)c[nH]2)c2ccc(C(=N)N)cc2)c1.O=C(O)C(F)(F)F.O=C(O)C(F)(F)F. The van der Waals surface area contributed by atoms with Crippen molar-refractivity contribution in [2.75, 3.05) is 11.5 Å². The number of rotatable bonds is 10. The number of nitrogens with one attached hydrogen (secondary N) is 2. The second-order valence-electron chi connectivity index (χ2n) is 10.2. The third-order valence-corrected chi connectivity index (χ3v) is 5.99. The molecule has 51 heavy (non-hydrogen) atoms. The Morgan fingerprint density at radius 3 is 2.00 bits per heavy atom. The quantitative estimate of drug-likeness (QED) is 0.0631. The van der Waals surface area contributed by atoms with Gasteiger partial charge in [0.15, 0.2) is 11.6 Å². The summed E-state index contributed by atoms with van der Waals surface area (Å²) in [6.07, 6.45) is -8.73. The van der Waals surface area contributed by atoms with E-state index in [2.05, 4.69) is 9.97 Å². The number of halogens is 8. The number of amidine groups is 1. The molecule has 6 N–H and O–H groups in total. The number of anilines is 2. The number of hydrogen-bond donors (Lipinski definition) is 5. The number of aromatic nitrogens is 2. The second-order valence-corrected chi connectivity index (χ2v) is 10.2. The number of nitrogen functional groups attached to an aromatic ring is 1. The second kappa shape index (κ2) is 17.7. The summed E-state index contributed by atoms with van der Waals surface area (Å²) in [6, 6.07) is 16.2. The molecule has 0 saturated heterocycles. The molecule has 0 radical (unpaired) electrons. The summed E-state index contributed by atoms with van der Waals surface area (Å²) in [7, 11) is 0. The van der Waals surface area contributed by atoms with Gasteiger partial charge in [0.1, 0.15) is 23.2 Å². The number of nitrogens with two attached hydrogens (primary N) is 1. The summed E-state index contributed by atoms with van der Waals surface area (Å²) in [5.74, 6) is -5.43. The predicted molar refractivity (Wildman–Crippen MR) is 168 cm³/mol. The zero-order valence-electron chi connectivity index (χ0n) is 26.9. The van der Waals surface area contributed by atoms with Gasteiger partial charge in [0.2, 0.25) is 0 Å². The molecule has 276 valence electrons. The summed E-state index contributed by atoms with van der Waals surface area (Å²) in [5.41, 5.74) is 8.21. The molecule has 0 fully saturated rings. The van der Waals surface area contributed by atoms with Crippen LogP contribution >= 0.6 is 0 Å². The van der Waals surface area contributed by atoms with E-state index in [0.717, 1.165) is 0 Å². The van der Waals surface area contributed by atoms with Gasteiger partial charge in [-0.1, -0.05) is 12.1 Å². The summed E-state index contributed by atoms with van der Waals surface area (Å²) in [4.78, 5) is 27.2. The summed E-state index contributed by atoms with van der Waals surface area (Å²) in [6.45, 7) is 6.04. The largest absolute Gasteiger partial charge is 0.494 e. The first kappa shape index (κ1) is 41.3. The van der Waals surface area contributed by atoms with Crippen LogP contribution < -0.4 is 20.1 Å². The van der Waals surface area contributed by atoms with E-state index >= 15 is 4.39 Å². The molecule has 0 amide bonds. The van der Waals surface area contributed by atoms with Gasteiger partial charge in [-0.3, -0.25) is 5.41 Å². The van der Waals surface area contributed by atoms with Crippen molar-refractivity contribution in [3.63, 3.8) is 0 Å². The molecule has 4 rings (SSSR count). The van der Waals surface area contributed by atoms with Crippen molar-refractivity contribution in [2.24, 2.45) is 5.73 Å². The van der Waals surface area contributed by atoms with Crippen molar-refractivity contribution in [1.82, 2.24) is 9.97 Å². The third-order valence-electron chi connectivity index (χ3n) is 5.99. The first-order chi connectivity index (χ1) is 23.6. The Bertz CT molecular complexity index is 1770. The molecule has 0 atom stereocenters. The summed E-state index contributed by atoms with van der Waals surface area (Å²) < 4.78 is 105. The highest BCUT2D eigenvalue weighted by Crippen LogP contribution is 2.38. The highest BCUT2D eigenvalue weighted by atomic mass is 19.4. The van der Waals surface area contributed by atoms with Gasteiger partial charge in [0.25, 0.3) is 0 Å². The zero-order chi connectivity index (χ0) is 38.7. The Morgan fingerprint density at radius 2 is 1.53 bits per heavy atom. The average Bonchev–Trinajstić information content (AvgIpc) is 3.50. The Kier molecular flexibility index (Phi) is 14.3. The van der Waals surface area contributed by atoms with E-state index in [4.69, 9.17) is 40.4 Å². The minimum atomic E-state index is -5.08. The van der Waals surface area contributed by atoms with Crippen LogP contribution in [0.1, 0.15) is 32.2 Å². The van der Waals surface area contributed by atoms with Gasteiger partial charge in [-0.2, -0.15) is 26.3 Å². The van der Waals surface area contributed by atoms with Gasteiger partial charge < -0.3 is 35.3 Å². The number of carboxylic acids is 2. The van der Waals surface area contributed by atoms with Crippen LogP contribution in [-0.4, -0.2) is 63.0 Å². The van der Waals surface area contributed by atoms with Crippen LogP contribution in [0.4, 0.5) is 46.5 Å². The van der Waals surface area contributed by atoms with E-state index in [1.54, 1.807) is 53.6 Å². The van der Waals surface area contributed by atoms with E-state index in [1.807, 2.05) is 20.8 Å². The number of nitrogens with zero attached hydrogens (tertiary/aromatic N) is 2. The zero-order valence-corrected chi connectivity index (χ0v) is 26.9. The predicted octanol–water partition coefficient (Wildman–Crippen LogP) is 7.43. The Labute approximate surface area is 284 Å². The first-order valence-corrected chi connectivity index (χ1v) is 14.4. The molecule has 19 heteroatoms. The van der Waals surface area contributed by atoms with Crippen LogP contribution in [0.3, 0.4) is 0 Å². The number of hydrogen-bond acceptors (Lipinski definition) is 7. The molecule has 11 nitrogen and oxygen atoms in total. The summed E-state index contributed by atoms with van der Waals surface area (Å²) in [5, 5.41) is 21.9. The number of aliphatic carboxylic acids is 2. The standard InChI is InChI=1S/C28H29F2N5O2.2C2HF3O2/c1-4-36-22-13-24(27(30)25(14-22)37-17(2)3)35(21-10-8-18(9-11-21)28(31)32)16-26-33-15-23(34-26)19-6-5-7-20(29)12-19;2*3-2(4,5)1(6)7/h5-15,17H,4,16H2,1-3H3,(H3,31,32)(H,33,34);2*(H,6,7). The van der Waals surface area contributed by atoms with Gasteiger partial charge in [-0.05, 0) is 57.2 Å². The lowest BCUT2D eigenvalue weighted by atomic mass is 10.1. The van der Waals surface area contributed by atoms with Gasteiger partial charge in [-0.15, -0.1) is 0 Å². The minimum absolute atomic E-state index is 0.0685. The number of aromatic amines is 1. The van der Waals surface area contributed by atoms with Crippen LogP contribution in [0.15, 0.2) is 66.9 Å². The Balaban J connectivity index is 0.000000543. The number of alkyl halides is 6. The first-order valence-electron chi connectivity index (χ1n) is 14.4. The van der Waals surface area contributed by atoms with Crippen LogP contribution in [-0.2, 0) is 16.1 Å². The number of H-pyrrole nitrogens is 1. The van der Waals surface area contributed by atoms with Crippen molar-refractivity contribution >= 4 is 29.1 Å². The minimum Gasteiger partial charge on any atom is -0.494 e. The topological polar surface area (TPSA) is 175 Å². The maximum absolute atomic E-state index is 15.9. The van der Waals surface area contributed by atoms with E-state index in [1.165, 1.54) is 18.2 Å². The molecule has 0 aliphatic heterocycles. The van der Waals surface area contributed by atoms with E-state index < -0.39 is 30.1 Å². The summed E-state index contributed by atoms with van der Waals surface area (Å²) >= 11 is 0. The van der Waals surface area contributed by atoms with Crippen molar-refractivity contribution in [2.45, 2.75) is 45.8 Å². The van der Waals surface area contributed by atoms with E-state index in [0.29, 0.717) is 40.7 Å². The molecule has 4 aromatic rings. The fourth-order valence-corrected chi connectivity index (χ4v) is 3.87. The maximum atomic E-state index is 15.9. The number of ether oxygens (including phenoxy) is 2. The molecule has 0 spiro atoms. The highest BCUT2D eigenvalue weighted by Gasteiger charge is 2.39. The monoisotopic (exact) mass is 733 g/mol. The Morgan fingerprint density at radius 1 is 0.961 bits per heavy atom. The van der Waals surface area contributed by atoms with Crippen molar-refractivity contribution in [1.29, 1.82) is 5.41 Å². The van der Waals surface area contributed by atoms with Gasteiger partial charge in [0.05, 0.1) is 30.6 Å². The lowest BCUT2D eigenvalue weighted by Crippen LogP contribution is -2.21. The van der Waals surface area contributed by atoms with E-state index in [-0.39, 0.29) is 35.7 Å². The number of carbonyl (C=O) groups is 2. The van der Waals surface area contributed by atoms with Crippen molar-refractivity contribution < 1.29 is 64.4 Å². The normalized spacial score (nSPS) is 11.1. The fourth-order valence-electron chi connectivity index (χ4n) is 3.87. The van der Waals surface area contributed by atoms with Crippen molar-refractivity contribution in [3.8, 4) is 22.8 Å². The molecule has 3 aromatic carbocycles. The molecule has 0 saturated carbocycles. The van der Waals surface area contributed by atoms with E-state index in [9.17, 15) is 30.7 Å². The molecule has 0 unspecified atom stereocenters. The number of carboxylic acid groups (broad SMARTS) is 2. The molecule has 0 aliphatic carbocycles. The van der Waals surface area contributed by atoms with Crippen LogP contribution in [0.5, 0.6) is 11.5 Å². The molecule has 0 bridgehead atoms. The van der Waals surface area contributed by atoms with Crippen LogP contribution in [0.25, 0.3) is 11.3 Å². The van der Waals surface area contributed by atoms with Gasteiger partial charge >= 0.3 is 24.3 Å².